The Bertz CT molecular complexity index is 834. The third-order valence-corrected chi connectivity index (χ3v) is 4.21. The number of amides is 1. The van der Waals surface area contributed by atoms with Crippen LogP contribution in [0.4, 0.5) is 5.69 Å². The number of anilines is 1. The second kappa shape index (κ2) is 6.17. The van der Waals surface area contributed by atoms with Crippen molar-refractivity contribution in [3.63, 3.8) is 0 Å². The van der Waals surface area contributed by atoms with Gasteiger partial charge in [0.2, 0.25) is 0 Å². The van der Waals surface area contributed by atoms with Crippen molar-refractivity contribution in [1.82, 2.24) is 0 Å². The lowest BCUT2D eigenvalue weighted by molar-refractivity contribution is -0.110. The standard InChI is InChI=1S/C15H9BrIN3O2/c16-9-1-3-12-11(6-9)14(15(22)19-12)20-18-7-8-5-10(17)2-4-13(8)21/h1-7,21H,(H,19,20,22). The minimum absolute atomic E-state index is 0.114. The topological polar surface area (TPSA) is 74.0 Å². The van der Waals surface area contributed by atoms with Crippen LogP contribution in [0.15, 0.2) is 51.1 Å². The van der Waals surface area contributed by atoms with Crippen molar-refractivity contribution in [2.45, 2.75) is 0 Å². The summed E-state index contributed by atoms with van der Waals surface area (Å²) in [7, 11) is 0. The van der Waals surface area contributed by atoms with E-state index in [-0.39, 0.29) is 17.4 Å². The van der Waals surface area contributed by atoms with Gasteiger partial charge in [0.05, 0.1) is 11.9 Å². The summed E-state index contributed by atoms with van der Waals surface area (Å²) in [4.78, 5) is 11.9. The molecule has 0 radical (unpaired) electrons. The second-order valence-corrected chi connectivity index (χ2v) is 6.70. The first-order chi connectivity index (χ1) is 10.5. The number of nitrogens with zero attached hydrogens (tertiary/aromatic N) is 2. The van der Waals surface area contributed by atoms with Crippen LogP contribution in [0, 0.1) is 3.57 Å². The molecular weight excluding hydrogens is 461 g/mol. The third kappa shape index (κ3) is 3.05. The Balaban J connectivity index is 1.93. The van der Waals surface area contributed by atoms with E-state index in [9.17, 15) is 9.90 Å². The third-order valence-electron chi connectivity index (χ3n) is 3.04. The number of halogens is 2. The minimum atomic E-state index is -0.294. The molecule has 110 valence electrons. The molecule has 7 heteroatoms. The predicted octanol–water partition coefficient (Wildman–Crippen LogP) is 3.53. The van der Waals surface area contributed by atoms with Gasteiger partial charge in [0.15, 0.2) is 5.71 Å². The van der Waals surface area contributed by atoms with E-state index in [1.165, 1.54) is 6.21 Å². The van der Waals surface area contributed by atoms with Crippen LogP contribution in [0.5, 0.6) is 5.75 Å². The Hall–Kier alpha value is -1.74. The van der Waals surface area contributed by atoms with Gasteiger partial charge < -0.3 is 10.4 Å². The average molecular weight is 470 g/mol. The largest absolute Gasteiger partial charge is 0.507 e. The zero-order valence-corrected chi connectivity index (χ0v) is 14.8. The van der Waals surface area contributed by atoms with Crippen molar-refractivity contribution in [3.8, 4) is 5.75 Å². The van der Waals surface area contributed by atoms with Gasteiger partial charge in [0.1, 0.15) is 5.75 Å². The highest BCUT2D eigenvalue weighted by atomic mass is 127. The van der Waals surface area contributed by atoms with E-state index >= 15 is 0 Å². The summed E-state index contributed by atoms with van der Waals surface area (Å²) >= 11 is 5.51. The molecule has 0 fully saturated rings. The number of hydrogen-bond donors (Lipinski definition) is 2. The first kappa shape index (κ1) is 15.2. The molecular formula is C15H9BrIN3O2. The van der Waals surface area contributed by atoms with Gasteiger partial charge in [0, 0.05) is 19.2 Å². The van der Waals surface area contributed by atoms with Crippen molar-refractivity contribution < 1.29 is 9.90 Å². The van der Waals surface area contributed by atoms with E-state index in [1.807, 2.05) is 12.1 Å². The molecule has 2 aromatic rings. The van der Waals surface area contributed by atoms with Gasteiger partial charge in [-0.25, -0.2) is 0 Å². The van der Waals surface area contributed by atoms with Crippen molar-refractivity contribution in [2.24, 2.45) is 10.2 Å². The summed E-state index contributed by atoms with van der Waals surface area (Å²) in [5.41, 5.74) is 2.20. The summed E-state index contributed by atoms with van der Waals surface area (Å²) in [6.45, 7) is 0. The SMILES string of the molecule is O=C1Nc2ccc(Br)cc2/C1=N/N=Cc1cc(I)ccc1O. The van der Waals surface area contributed by atoms with E-state index in [2.05, 4.69) is 54.0 Å². The van der Waals surface area contributed by atoms with Crippen LogP contribution >= 0.6 is 38.5 Å². The molecule has 1 aliphatic rings. The van der Waals surface area contributed by atoms with Crippen LogP contribution in [0.25, 0.3) is 0 Å². The number of aromatic hydroxyl groups is 1. The molecule has 0 aromatic heterocycles. The van der Waals surface area contributed by atoms with E-state index in [1.54, 1.807) is 24.3 Å². The highest BCUT2D eigenvalue weighted by Gasteiger charge is 2.26. The molecule has 0 unspecified atom stereocenters. The van der Waals surface area contributed by atoms with Crippen molar-refractivity contribution in [2.75, 3.05) is 5.32 Å². The lowest BCUT2D eigenvalue weighted by Crippen LogP contribution is -2.13. The number of carbonyl (C=O) groups is 1. The van der Waals surface area contributed by atoms with E-state index in [4.69, 9.17) is 0 Å². The fourth-order valence-corrected chi connectivity index (χ4v) is 2.88. The molecule has 0 bridgehead atoms. The summed E-state index contributed by atoms with van der Waals surface area (Å²) in [6, 6.07) is 10.6. The van der Waals surface area contributed by atoms with Gasteiger partial charge in [-0.2, -0.15) is 5.10 Å². The van der Waals surface area contributed by atoms with Gasteiger partial charge >= 0.3 is 0 Å². The molecule has 0 atom stereocenters. The number of hydrogen-bond acceptors (Lipinski definition) is 4. The monoisotopic (exact) mass is 469 g/mol. The first-order valence-corrected chi connectivity index (χ1v) is 8.12. The maximum atomic E-state index is 11.9. The molecule has 5 nitrogen and oxygen atoms in total. The average Bonchev–Trinajstić information content (AvgIpc) is 2.78. The van der Waals surface area contributed by atoms with Crippen LogP contribution in [0.1, 0.15) is 11.1 Å². The van der Waals surface area contributed by atoms with Crippen LogP contribution in [-0.2, 0) is 4.79 Å². The molecule has 0 spiro atoms. The quantitative estimate of drug-likeness (QED) is 0.401. The molecule has 1 amide bonds. The van der Waals surface area contributed by atoms with Crippen molar-refractivity contribution in [3.05, 3.63) is 55.6 Å². The Morgan fingerprint density at radius 3 is 2.86 bits per heavy atom. The molecule has 1 aliphatic heterocycles. The number of benzene rings is 2. The summed E-state index contributed by atoms with van der Waals surface area (Å²) < 4.78 is 1.83. The number of fused-ring (bicyclic) bond motifs is 1. The number of phenolic OH excluding ortho intramolecular Hbond substituents is 1. The molecule has 3 rings (SSSR count). The van der Waals surface area contributed by atoms with Crippen molar-refractivity contribution >= 4 is 62.0 Å². The Morgan fingerprint density at radius 2 is 2.05 bits per heavy atom. The smallest absolute Gasteiger partial charge is 0.276 e. The Labute approximate surface area is 148 Å². The zero-order valence-electron chi connectivity index (χ0n) is 11.0. The Morgan fingerprint density at radius 1 is 1.23 bits per heavy atom. The van der Waals surface area contributed by atoms with Crippen LogP contribution in [0.3, 0.4) is 0 Å². The lowest BCUT2D eigenvalue weighted by atomic mass is 10.1. The Kier molecular flexibility index (Phi) is 4.25. The van der Waals surface area contributed by atoms with Crippen molar-refractivity contribution in [1.29, 1.82) is 0 Å². The van der Waals surface area contributed by atoms with E-state index < -0.39 is 0 Å². The summed E-state index contributed by atoms with van der Waals surface area (Å²) in [5.74, 6) is -0.180. The summed E-state index contributed by atoms with van der Waals surface area (Å²) in [5, 5.41) is 20.4. The number of phenols is 1. The fourth-order valence-electron chi connectivity index (χ4n) is 2.00. The molecule has 22 heavy (non-hydrogen) atoms. The first-order valence-electron chi connectivity index (χ1n) is 6.25. The number of rotatable bonds is 2. The van der Waals surface area contributed by atoms with Gasteiger partial charge in [-0.05, 0) is 59.0 Å². The minimum Gasteiger partial charge on any atom is -0.507 e. The maximum absolute atomic E-state index is 11.9. The van der Waals surface area contributed by atoms with E-state index in [0.29, 0.717) is 16.8 Å². The molecule has 2 N–H and O–H groups in total. The molecule has 0 saturated carbocycles. The highest BCUT2D eigenvalue weighted by molar-refractivity contribution is 14.1. The molecule has 0 saturated heterocycles. The molecule has 0 aliphatic carbocycles. The molecule has 1 heterocycles. The normalized spacial score (nSPS) is 15.4. The predicted molar refractivity (Wildman–Crippen MR) is 97.7 cm³/mol. The number of nitrogens with one attached hydrogen (secondary N) is 1. The van der Waals surface area contributed by atoms with Crippen LogP contribution in [-0.4, -0.2) is 22.9 Å². The van der Waals surface area contributed by atoms with Gasteiger partial charge in [0.25, 0.3) is 5.91 Å². The maximum Gasteiger partial charge on any atom is 0.276 e. The number of carbonyl (C=O) groups excluding carboxylic acids is 1. The highest BCUT2D eigenvalue weighted by Crippen LogP contribution is 2.27. The van der Waals surface area contributed by atoms with Gasteiger partial charge in [-0.15, -0.1) is 5.10 Å². The van der Waals surface area contributed by atoms with Gasteiger partial charge in [-0.1, -0.05) is 15.9 Å². The van der Waals surface area contributed by atoms with Gasteiger partial charge in [-0.3, -0.25) is 4.79 Å². The van der Waals surface area contributed by atoms with Crippen LogP contribution in [0.2, 0.25) is 0 Å². The second-order valence-electron chi connectivity index (χ2n) is 4.54. The summed E-state index contributed by atoms with van der Waals surface area (Å²) in [6.07, 6.45) is 1.42. The zero-order chi connectivity index (χ0) is 15.7. The van der Waals surface area contributed by atoms with Crippen LogP contribution < -0.4 is 5.32 Å². The lowest BCUT2D eigenvalue weighted by Gasteiger charge is -1.98. The fraction of sp³-hybridized carbons (Fsp3) is 0. The molecule has 2 aromatic carbocycles. The van der Waals surface area contributed by atoms with E-state index in [0.717, 1.165) is 8.04 Å².